The van der Waals surface area contributed by atoms with Gasteiger partial charge in [-0.15, -0.1) is 0 Å². The van der Waals surface area contributed by atoms with Crippen molar-refractivity contribution in [1.29, 1.82) is 0 Å². The Morgan fingerprint density at radius 1 is 1.06 bits per heavy atom. The molecule has 0 aliphatic heterocycles. The maximum atomic E-state index is 10.1. The Morgan fingerprint density at radius 2 is 1.59 bits per heavy atom. The van der Waals surface area contributed by atoms with Gasteiger partial charge in [0.2, 0.25) is 0 Å². The molecule has 0 heterocycles. The van der Waals surface area contributed by atoms with Gasteiger partial charge in [-0.3, -0.25) is 0 Å². The summed E-state index contributed by atoms with van der Waals surface area (Å²) in [4.78, 5) is 2.26. The topological polar surface area (TPSA) is 23.5 Å². The summed E-state index contributed by atoms with van der Waals surface area (Å²) < 4.78 is 0. The lowest BCUT2D eigenvalue weighted by molar-refractivity contribution is -0.0497. The van der Waals surface area contributed by atoms with Crippen molar-refractivity contribution in [1.82, 2.24) is 4.90 Å². The van der Waals surface area contributed by atoms with Crippen LogP contribution in [0.5, 0.6) is 0 Å². The predicted molar refractivity (Wildman–Crippen MR) is 72.9 cm³/mol. The molecular weight excluding hydrogens is 210 g/mol. The molecule has 0 unspecified atom stereocenters. The van der Waals surface area contributed by atoms with Gasteiger partial charge in [0.05, 0.1) is 5.60 Å². The first kappa shape index (κ1) is 14.2. The van der Waals surface area contributed by atoms with Crippen molar-refractivity contribution in [3.8, 4) is 0 Å². The summed E-state index contributed by atoms with van der Waals surface area (Å²) in [6, 6.07) is 10.4. The number of benzene rings is 1. The lowest BCUT2D eigenvalue weighted by atomic mass is 9.77. The third-order valence-electron chi connectivity index (χ3n) is 3.62. The summed E-state index contributed by atoms with van der Waals surface area (Å²) in [6.45, 7) is 9.75. The van der Waals surface area contributed by atoms with E-state index >= 15 is 0 Å². The fourth-order valence-electron chi connectivity index (χ4n) is 1.82. The highest BCUT2D eigenvalue weighted by Crippen LogP contribution is 2.31. The third-order valence-corrected chi connectivity index (χ3v) is 3.62. The molecule has 0 fully saturated rings. The van der Waals surface area contributed by atoms with E-state index in [0.717, 1.165) is 13.1 Å². The summed E-state index contributed by atoms with van der Waals surface area (Å²) in [5, 5.41) is 10.1. The van der Waals surface area contributed by atoms with Gasteiger partial charge in [-0.2, -0.15) is 0 Å². The average Bonchev–Trinajstić information content (AvgIpc) is 2.16. The van der Waals surface area contributed by atoms with Crippen LogP contribution in [-0.2, 0) is 6.54 Å². The minimum atomic E-state index is -0.669. The molecule has 1 N–H and O–H groups in total. The fraction of sp³-hybridized carbons (Fsp3) is 0.600. The first-order chi connectivity index (χ1) is 7.72. The van der Waals surface area contributed by atoms with E-state index in [2.05, 4.69) is 50.1 Å². The number of rotatable bonds is 5. The molecule has 0 atom stereocenters. The smallest absolute Gasteiger partial charge is 0.0654 e. The molecule has 1 aromatic carbocycles. The van der Waals surface area contributed by atoms with E-state index in [1.807, 2.05) is 19.9 Å². The zero-order chi connectivity index (χ0) is 13.1. The molecular formula is C15H25NO. The van der Waals surface area contributed by atoms with E-state index in [1.54, 1.807) is 0 Å². The molecule has 2 heteroatoms. The monoisotopic (exact) mass is 235 g/mol. The molecule has 0 bridgehead atoms. The minimum Gasteiger partial charge on any atom is -0.390 e. The molecule has 96 valence electrons. The van der Waals surface area contributed by atoms with E-state index in [4.69, 9.17) is 0 Å². The summed E-state index contributed by atoms with van der Waals surface area (Å²) in [5.41, 5.74) is 0.510. The van der Waals surface area contributed by atoms with Gasteiger partial charge in [0, 0.05) is 18.5 Å². The van der Waals surface area contributed by atoms with Crippen LogP contribution in [0.4, 0.5) is 0 Å². The molecule has 0 spiro atoms. The fourth-order valence-corrected chi connectivity index (χ4v) is 1.82. The maximum Gasteiger partial charge on any atom is 0.0654 e. The maximum absolute atomic E-state index is 10.1. The molecule has 17 heavy (non-hydrogen) atoms. The standard InChI is InChI=1S/C15H25NO/c1-14(2,15(3,4)17)12-16(5)11-13-9-7-6-8-10-13/h6-10,17H,11-12H2,1-5H3. The second-order valence-corrected chi connectivity index (χ2v) is 6.10. The Balaban J connectivity index is 2.59. The van der Waals surface area contributed by atoms with E-state index in [9.17, 15) is 5.11 Å². The zero-order valence-electron chi connectivity index (χ0n) is 11.7. The van der Waals surface area contributed by atoms with E-state index < -0.39 is 5.60 Å². The van der Waals surface area contributed by atoms with Gasteiger partial charge in [-0.05, 0) is 26.5 Å². The van der Waals surface area contributed by atoms with E-state index in [-0.39, 0.29) is 5.41 Å². The molecule has 0 radical (unpaired) electrons. The first-order valence-corrected chi connectivity index (χ1v) is 6.17. The normalized spacial score (nSPS) is 13.1. The van der Waals surface area contributed by atoms with Crippen molar-refractivity contribution in [2.45, 2.75) is 39.8 Å². The number of hydrogen-bond donors (Lipinski definition) is 1. The largest absolute Gasteiger partial charge is 0.390 e. The SMILES string of the molecule is CN(Cc1ccccc1)CC(C)(C)C(C)(C)O. The molecule has 0 aliphatic rings. The van der Waals surface area contributed by atoms with E-state index in [0.29, 0.717) is 0 Å². The molecule has 0 aromatic heterocycles. The second kappa shape index (κ2) is 5.19. The van der Waals surface area contributed by atoms with Crippen molar-refractivity contribution < 1.29 is 5.11 Å². The van der Waals surface area contributed by atoms with Crippen LogP contribution in [0, 0.1) is 5.41 Å². The van der Waals surface area contributed by atoms with Crippen molar-refractivity contribution >= 4 is 0 Å². The van der Waals surface area contributed by atoms with Gasteiger partial charge >= 0.3 is 0 Å². The third kappa shape index (κ3) is 4.14. The van der Waals surface area contributed by atoms with Crippen LogP contribution in [0.3, 0.4) is 0 Å². The Labute approximate surface area is 105 Å². The van der Waals surface area contributed by atoms with E-state index in [1.165, 1.54) is 5.56 Å². The minimum absolute atomic E-state index is 0.128. The molecule has 2 nitrogen and oxygen atoms in total. The molecule has 0 amide bonds. The molecule has 0 saturated heterocycles. The van der Waals surface area contributed by atoms with Crippen molar-refractivity contribution in [3.05, 3.63) is 35.9 Å². The van der Waals surface area contributed by atoms with Crippen LogP contribution in [0.1, 0.15) is 33.3 Å². The van der Waals surface area contributed by atoms with Crippen LogP contribution in [0.25, 0.3) is 0 Å². The van der Waals surface area contributed by atoms with Gasteiger partial charge in [-0.25, -0.2) is 0 Å². The molecule has 0 aliphatic carbocycles. The lowest BCUT2D eigenvalue weighted by Gasteiger charge is -2.40. The Kier molecular flexibility index (Phi) is 4.34. The van der Waals surface area contributed by atoms with Gasteiger partial charge in [0.25, 0.3) is 0 Å². The van der Waals surface area contributed by atoms with Crippen LogP contribution in [-0.4, -0.2) is 29.2 Å². The highest BCUT2D eigenvalue weighted by molar-refractivity contribution is 5.14. The predicted octanol–water partition coefficient (Wildman–Crippen LogP) is 2.92. The molecule has 0 saturated carbocycles. The van der Waals surface area contributed by atoms with Crippen molar-refractivity contribution in [2.24, 2.45) is 5.41 Å². The van der Waals surface area contributed by atoms with Crippen LogP contribution < -0.4 is 0 Å². The Morgan fingerprint density at radius 3 is 2.06 bits per heavy atom. The van der Waals surface area contributed by atoms with Gasteiger partial charge in [0.1, 0.15) is 0 Å². The number of nitrogens with zero attached hydrogens (tertiary/aromatic N) is 1. The average molecular weight is 235 g/mol. The number of hydrogen-bond acceptors (Lipinski definition) is 2. The quantitative estimate of drug-likeness (QED) is 0.848. The van der Waals surface area contributed by atoms with Gasteiger partial charge in [0.15, 0.2) is 0 Å². The van der Waals surface area contributed by atoms with Gasteiger partial charge < -0.3 is 10.0 Å². The highest BCUT2D eigenvalue weighted by Gasteiger charge is 2.35. The summed E-state index contributed by atoms with van der Waals surface area (Å²) in [6.07, 6.45) is 0. The highest BCUT2D eigenvalue weighted by atomic mass is 16.3. The summed E-state index contributed by atoms with van der Waals surface area (Å²) >= 11 is 0. The first-order valence-electron chi connectivity index (χ1n) is 6.17. The zero-order valence-corrected chi connectivity index (χ0v) is 11.7. The number of aliphatic hydroxyl groups is 1. The Bertz CT molecular complexity index is 338. The van der Waals surface area contributed by atoms with Gasteiger partial charge in [-0.1, -0.05) is 44.2 Å². The summed E-state index contributed by atoms with van der Waals surface area (Å²) in [7, 11) is 2.10. The van der Waals surface area contributed by atoms with Crippen molar-refractivity contribution in [2.75, 3.05) is 13.6 Å². The van der Waals surface area contributed by atoms with Crippen LogP contribution in [0.2, 0.25) is 0 Å². The second-order valence-electron chi connectivity index (χ2n) is 6.10. The Hall–Kier alpha value is -0.860. The van der Waals surface area contributed by atoms with Crippen molar-refractivity contribution in [3.63, 3.8) is 0 Å². The van der Waals surface area contributed by atoms with Crippen LogP contribution in [0.15, 0.2) is 30.3 Å². The molecule has 1 rings (SSSR count). The molecule has 1 aromatic rings. The van der Waals surface area contributed by atoms with Crippen LogP contribution >= 0.6 is 0 Å². The lowest BCUT2D eigenvalue weighted by Crippen LogP contribution is -2.46. The summed E-state index contributed by atoms with van der Waals surface area (Å²) in [5.74, 6) is 0.